The number of rotatable bonds is 7. The quantitative estimate of drug-likeness (QED) is 0.409. The van der Waals surface area contributed by atoms with E-state index in [9.17, 15) is 9.90 Å². The second kappa shape index (κ2) is 8.88. The van der Waals surface area contributed by atoms with Crippen molar-refractivity contribution < 1.29 is 19.4 Å². The largest absolute Gasteiger partial charge is 0.490 e. The predicted molar refractivity (Wildman–Crippen MR) is 121 cm³/mol. The zero-order valence-electron chi connectivity index (χ0n) is 17.5. The van der Waals surface area contributed by atoms with Crippen LogP contribution in [0.25, 0.3) is 22.2 Å². The molecule has 0 aliphatic heterocycles. The smallest absolute Gasteiger partial charge is 0.336 e. The van der Waals surface area contributed by atoms with Gasteiger partial charge in [-0.1, -0.05) is 42.0 Å². The first-order chi connectivity index (χ1) is 15.0. The van der Waals surface area contributed by atoms with E-state index in [1.165, 1.54) is 0 Å². The number of nitrogens with zero attached hydrogens (tertiary/aromatic N) is 1. The Morgan fingerprint density at radius 1 is 0.935 bits per heavy atom. The highest BCUT2D eigenvalue weighted by molar-refractivity contribution is 6.04. The van der Waals surface area contributed by atoms with Crippen molar-refractivity contribution in [2.45, 2.75) is 20.5 Å². The van der Waals surface area contributed by atoms with Crippen LogP contribution in [0.15, 0.2) is 72.8 Å². The Balaban J connectivity index is 1.72. The molecule has 1 heterocycles. The number of aromatic carboxylic acids is 1. The topological polar surface area (TPSA) is 68.7 Å². The Kier molecular flexibility index (Phi) is 5.85. The lowest BCUT2D eigenvalue weighted by atomic mass is 10.0. The summed E-state index contributed by atoms with van der Waals surface area (Å²) in [6.07, 6.45) is 0. The molecule has 31 heavy (non-hydrogen) atoms. The highest BCUT2D eigenvalue weighted by Gasteiger charge is 2.15. The van der Waals surface area contributed by atoms with Gasteiger partial charge in [0.25, 0.3) is 0 Å². The molecule has 0 bridgehead atoms. The normalized spacial score (nSPS) is 10.8. The SMILES string of the molecule is CCOc1cc(-c2cc(C(=O)O)c3cc(C)ccc3n2)ccc1OCc1ccccc1. The fraction of sp³-hybridized carbons (Fsp3) is 0.154. The molecule has 0 amide bonds. The maximum absolute atomic E-state index is 11.9. The molecule has 0 fully saturated rings. The van der Waals surface area contributed by atoms with Gasteiger partial charge in [-0.15, -0.1) is 0 Å². The number of carboxylic acid groups (broad SMARTS) is 1. The second-order valence-corrected chi connectivity index (χ2v) is 7.25. The van der Waals surface area contributed by atoms with Gasteiger partial charge in [-0.05, 0) is 55.8 Å². The Bertz CT molecular complexity index is 1240. The summed E-state index contributed by atoms with van der Waals surface area (Å²) in [6.45, 7) is 4.75. The molecule has 1 aromatic heterocycles. The Hall–Kier alpha value is -3.86. The van der Waals surface area contributed by atoms with Crippen LogP contribution in [0.5, 0.6) is 11.5 Å². The number of hydrogen-bond donors (Lipinski definition) is 1. The number of pyridine rings is 1. The van der Waals surface area contributed by atoms with Crippen LogP contribution in [-0.2, 0) is 6.61 Å². The molecule has 156 valence electrons. The number of carbonyl (C=O) groups is 1. The van der Waals surface area contributed by atoms with E-state index < -0.39 is 5.97 Å². The van der Waals surface area contributed by atoms with Crippen LogP contribution < -0.4 is 9.47 Å². The number of carboxylic acids is 1. The number of hydrogen-bond acceptors (Lipinski definition) is 4. The maximum Gasteiger partial charge on any atom is 0.336 e. The number of fused-ring (bicyclic) bond motifs is 1. The fourth-order valence-electron chi connectivity index (χ4n) is 3.45. The molecule has 0 spiro atoms. The average molecular weight is 413 g/mol. The number of aryl methyl sites for hydroxylation is 1. The molecule has 3 aromatic carbocycles. The number of benzene rings is 3. The molecule has 0 aliphatic carbocycles. The average Bonchev–Trinajstić information content (AvgIpc) is 2.78. The standard InChI is InChI=1S/C26H23NO4/c1-3-30-25-14-19(10-12-24(25)31-16-18-7-5-4-6-8-18)23-15-21(26(28)29)20-13-17(2)9-11-22(20)27-23/h4-15H,3,16H2,1-2H3,(H,28,29). The summed E-state index contributed by atoms with van der Waals surface area (Å²) < 4.78 is 11.8. The first kappa shape index (κ1) is 20.4. The Morgan fingerprint density at radius 3 is 2.48 bits per heavy atom. The third-order valence-electron chi connectivity index (χ3n) is 4.97. The molecule has 5 heteroatoms. The van der Waals surface area contributed by atoms with Gasteiger partial charge < -0.3 is 14.6 Å². The fourth-order valence-corrected chi connectivity index (χ4v) is 3.45. The second-order valence-electron chi connectivity index (χ2n) is 7.25. The minimum atomic E-state index is -0.980. The molecule has 0 saturated heterocycles. The summed E-state index contributed by atoms with van der Waals surface area (Å²) in [5, 5.41) is 10.4. The van der Waals surface area contributed by atoms with E-state index in [0.717, 1.165) is 16.7 Å². The summed E-state index contributed by atoms with van der Waals surface area (Å²) in [5.74, 6) is 0.245. The molecule has 5 nitrogen and oxygen atoms in total. The van der Waals surface area contributed by atoms with Gasteiger partial charge in [-0.3, -0.25) is 0 Å². The van der Waals surface area contributed by atoms with Gasteiger partial charge in [-0.25, -0.2) is 9.78 Å². The first-order valence-corrected chi connectivity index (χ1v) is 10.1. The van der Waals surface area contributed by atoms with Crippen LogP contribution in [0, 0.1) is 6.92 Å². The maximum atomic E-state index is 11.9. The van der Waals surface area contributed by atoms with Crippen LogP contribution >= 0.6 is 0 Å². The lowest BCUT2D eigenvalue weighted by Gasteiger charge is -2.14. The zero-order valence-corrected chi connectivity index (χ0v) is 17.5. The van der Waals surface area contributed by atoms with E-state index in [2.05, 4.69) is 0 Å². The predicted octanol–water partition coefficient (Wildman–Crippen LogP) is 5.89. The van der Waals surface area contributed by atoms with Crippen molar-refractivity contribution in [3.63, 3.8) is 0 Å². The van der Waals surface area contributed by atoms with E-state index in [0.29, 0.717) is 41.3 Å². The highest BCUT2D eigenvalue weighted by Crippen LogP contribution is 2.34. The molecular weight excluding hydrogens is 390 g/mol. The Morgan fingerprint density at radius 2 is 1.74 bits per heavy atom. The summed E-state index contributed by atoms with van der Waals surface area (Å²) in [4.78, 5) is 16.6. The Labute approximate surface area is 180 Å². The first-order valence-electron chi connectivity index (χ1n) is 10.1. The summed E-state index contributed by atoms with van der Waals surface area (Å²) in [6, 6.07) is 22.7. The molecule has 1 N–H and O–H groups in total. The molecule has 0 unspecified atom stereocenters. The lowest BCUT2D eigenvalue weighted by Crippen LogP contribution is -2.02. The van der Waals surface area contributed by atoms with Crippen LogP contribution in [0.4, 0.5) is 0 Å². The third kappa shape index (κ3) is 4.51. The van der Waals surface area contributed by atoms with Gasteiger partial charge in [0.15, 0.2) is 11.5 Å². The minimum Gasteiger partial charge on any atom is -0.490 e. The van der Waals surface area contributed by atoms with Crippen molar-refractivity contribution in [2.75, 3.05) is 6.61 Å². The number of aromatic nitrogens is 1. The minimum absolute atomic E-state index is 0.228. The van der Waals surface area contributed by atoms with Gasteiger partial charge in [0, 0.05) is 10.9 Å². The van der Waals surface area contributed by atoms with Gasteiger partial charge in [0.1, 0.15) is 6.61 Å². The van der Waals surface area contributed by atoms with Crippen LogP contribution in [0.2, 0.25) is 0 Å². The highest BCUT2D eigenvalue weighted by atomic mass is 16.5. The summed E-state index contributed by atoms with van der Waals surface area (Å²) >= 11 is 0. The van der Waals surface area contributed by atoms with Crippen molar-refractivity contribution in [3.05, 3.63) is 89.5 Å². The molecular formula is C26H23NO4. The van der Waals surface area contributed by atoms with Gasteiger partial charge in [-0.2, -0.15) is 0 Å². The van der Waals surface area contributed by atoms with Crippen LogP contribution in [0.3, 0.4) is 0 Å². The van der Waals surface area contributed by atoms with Crippen LogP contribution in [-0.4, -0.2) is 22.7 Å². The van der Waals surface area contributed by atoms with Gasteiger partial charge in [0.05, 0.1) is 23.4 Å². The molecule has 0 saturated carbocycles. The van der Waals surface area contributed by atoms with Crippen molar-refractivity contribution in [1.29, 1.82) is 0 Å². The van der Waals surface area contributed by atoms with E-state index in [1.54, 1.807) is 6.07 Å². The van der Waals surface area contributed by atoms with Crippen molar-refractivity contribution in [3.8, 4) is 22.8 Å². The third-order valence-corrected chi connectivity index (χ3v) is 4.97. The monoisotopic (exact) mass is 413 g/mol. The van der Waals surface area contributed by atoms with Gasteiger partial charge >= 0.3 is 5.97 Å². The molecule has 0 radical (unpaired) electrons. The van der Waals surface area contributed by atoms with Crippen molar-refractivity contribution in [1.82, 2.24) is 4.98 Å². The van der Waals surface area contributed by atoms with Crippen LogP contribution in [0.1, 0.15) is 28.4 Å². The molecule has 0 atom stereocenters. The van der Waals surface area contributed by atoms with E-state index >= 15 is 0 Å². The molecule has 4 rings (SSSR count). The van der Waals surface area contributed by atoms with E-state index in [4.69, 9.17) is 14.5 Å². The summed E-state index contributed by atoms with van der Waals surface area (Å²) in [7, 11) is 0. The zero-order chi connectivity index (χ0) is 21.8. The van der Waals surface area contributed by atoms with Crippen molar-refractivity contribution in [2.24, 2.45) is 0 Å². The number of ether oxygens (including phenoxy) is 2. The molecule has 4 aromatic rings. The lowest BCUT2D eigenvalue weighted by molar-refractivity contribution is 0.0699. The van der Waals surface area contributed by atoms with E-state index in [1.807, 2.05) is 80.6 Å². The van der Waals surface area contributed by atoms with E-state index in [-0.39, 0.29) is 5.56 Å². The molecule has 0 aliphatic rings. The summed E-state index contributed by atoms with van der Waals surface area (Å²) in [5.41, 5.74) is 4.26. The van der Waals surface area contributed by atoms with Crippen molar-refractivity contribution >= 4 is 16.9 Å². The van der Waals surface area contributed by atoms with Gasteiger partial charge in [0.2, 0.25) is 0 Å².